The predicted octanol–water partition coefficient (Wildman–Crippen LogP) is 3.50. The van der Waals surface area contributed by atoms with E-state index in [1.807, 2.05) is 48.7 Å². The maximum Gasteiger partial charge on any atom is 0.170 e. The Hall–Kier alpha value is -2.90. The molecule has 2 atom stereocenters. The Morgan fingerprint density at radius 3 is 2.66 bits per heavy atom. The van der Waals surface area contributed by atoms with E-state index in [2.05, 4.69) is 38.1 Å². The van der Waals surface area contributed by atoms with Crippen LogP contribution in [0.25, 0.3) is 5.69 Å². The SMILES string of the molecule is COCCN1C(=S)NC(c2ccccn2)C1c1cccn1-c1ccccc1OC. The van der Waals surface area contributed by atoms with Crippen molar-refractivity contribution in [1.29, 1.82) is 0 Å². The molecule has 2 unspecified atom stereocenters. The molecule has 0 amide bonds. The molecule has 3 aromatic rings. The van der Waals surface area contributed by atoms with Crippen LogP contribution in [0.5, 0.6) is 5.75 Å². The van der Waals surface area contributed by atoms with Crippen molar-refractivity contribution in [3.05, 3.63) is 78.4 Å². The van der Waals surface area contributed by atoms with Crippen molar-refractivity contribution < 1.29 is 9.47 Å². The van der Waals surface area contributed by atoms with Crippen molar-refractivity contribution in [2.45, 2.75) is 12.1 Å². The Labute approximate surface area is 176 Å². The summed E-state index contributed by atoms with van der Waals surface area (Å²) in [6.07, 6.45) is 3.87. The second-order valence-corrected chi connectivity index (χ2v) is 7.17. The summed E-state index contributed by atoms with van der Waals surface area (Å²) in [5, 5.41) is 4.17. The van der Waals surface area contributed by atoms with E-state index in [-0.39, 0.29) is 12.1 Å². The van der Waals surface area contributed by atoms with Crippen LogP contribution in [-0.4, -0.2) is 46.9 Å². The van der Waals surface area contributed by atoms with Crippen molar-refractivity contribution >= 4 is 17.3 Å². The molecule has 1 aromatic carbocycles. The van der Waals surface area contributed by atoms with Gasteiger partial charge in [0.2, 0.25) is 0 Å². The second-order valence-electron chi connectivity index (χ2n) is 6.79. The largest absolute Gasteiger partial charge is 0.495 e. The number of benzene rings is 1. The minimum absolute atomic E-state index is 0.0348. The highest BCUT2D eigenvalue weighted by Crippen LogP contribution is 2.40. The van der Waals surface area contributed by atoms with E-state index in [0.717, 1.165) is 22.8 Å². The first-order chi connectivity index (χ1) is 14.2. The summed E-state index contributed by atoms with van der Waals surface area (Å²) in [7, 11) is 3.39. The molecule has 0 bridgehead atoms. The number of ether oxygens (including phenoxy) is 2. The third-order valence-corrected chi connectivity index (χ3v) is 5.51. The van der Waals surface area contributed by atoms with E-state index in [1.165, 1.54) is 0 Å². The van der Waals surface area contributed by atoms with Crippen molar-refractivity contribution in [3.63, 3.8) is 0 Å². The molecular formula is C22H24N4O2S. The fourth-order valence-electron chi connectivity index (χ4n) is 3.84. The van der Waals surface area contributed by atoms with E-state index in [0.29, 0.717) is 18.3 Å². The molecule has 7 heteroatoms. The zero-order valence-electron chi connectivity index (χ0n) is 16.5. The van der Waals surface area contributed by atoms with Gasteiger partial charge in [0.05, 0.1) is 37.2 Å². The normalized spacial score (nSPS) is 18.7. The quantitative estimate of drug-likeness (QED) is 0.604. The molecule has 0 radical (unpaired) electrons. The molecule has 1 aliphatic heterocycles. The first-order valence-corrected chi connectivity index (χ1v) is 9.93. The van der Waals surface area contributed by atoms with Crippen molar-refractivity contribution in [2.75, 3.05) is 27.4 Å². The fourth-order valence-corrected chi connectivity index (χ4v) is 4.17. The van der Waals surface area contributed by atoms with Gasteiger partial charge in [-0.1, -0.05) is 18.2 Å². The molecule has 1 fully saturated rings. The van der Waals surface area contributed by atoms with Crippen LogP contribution in [-0.2, 0) is 4.74 Å². The molecule has 2 aromatic heterocycles. The van der Waals surface area contributed by atoms with Gasteiger partial charge >= 0.3 is 0 Å². The summed E-state index contributed by atoms with van der Waals surface area (Å²) in [5.41, 5.74) is 3.04. The van der Waals surface area contributed by atoms with Gasteiger partial charge in [-0.05, 0) is 48.6 Å². The molecule has 0 spiro atoms. The average molecular weight is 409 g/mol. The van der Waals surface area contributed by atoms with E-state index in [1.54, 1.807) is 14.2 Å². The Balaban J connectivity index is 1.81. The molecule has 0 aliphatic carbocycles. The third kappa shape index (κ3) is 3.71. The third-order valence-electron chi connectivity index (χ3n) is 5.16. The Morgan fingerprint density at radius 2 is 1.90 bits per heavy atom. The summed E-state index contributed by atoms with van der Waals surface area (Å²) in [4.78, 5) is 6.77. The lowest BCUT2D eigenvalue weighted by Crippen LogP contribution is -2.33. The highest BCUT2D eigenvalue weighted by Gasteiger charge is 2.41. The van der Waals surface area contributed by atoms with Crippen LogP contribution in [0.15, 0.2) is 67.0 Å². The number of hydrogen-bond donors (Lipinski definition) is 1. The summed E-state index contributed by atoms with van der Waals surface area (Å²) < 4.78 is 13.1. The molecular weight excluding hydrogens is 384 g/mol. The van der Waals surface area contributed by atoms with Crippen molar-refractivity contribution in [3.8, 4) is 11.4 Å². The lowest BCUT2D eigenvalue weighted by atomic mass is 10.0. The number of nitrogens with zero attached hydrogens (tertiary/aromatic N) is 3. The first kappa shape index (κ1) is 19.4. The van der Waals surface area contributed by atoms with Gasteiger partial charge in [-0.3, -0.25) is 4.98 Å². The number of hydrogen-bond acceptors (Lipinski definition) is 4. The van der Waals surface area contributed by atoms with Gasteiger partial charge in [-0.15, -0.1) is 0 Å². The molecule has 1 N–H and O–H groups in total. The minimum Gasteiger partial charge on any atom is -0.495 e. The van der Waals surface area contributed by atoms with Crippen molar-refractivity contribution in [2.24, 2.45) is 0 Å². The smallest absolute Gasteiger partial charge is 0.170 e. The highest BCUT2D eigenvalue weighted by atomic mass is 32.1. The van der Waals surface area contributed by atoms with Crippen LogP contribution >= 0.6 is 12.2 Å². The molecule has 1 saturated heterocycles. The van der Waals surface area contributed by atoms with Crippen LogP contribution < -0.4 is 10.1 Å². The number of thiocarbonyl (C=S) groups is 1. The minimum atomic E-state index is -0.0658. The Morgan fingerprint density at radius 1 is 1.07 bits per heavy atom. The number of methoxy groups -OCH3 is 2. The van der Waals surface area contributed by atoms with Gasteiger partial charge in [0.1, 0.15) is 5.75 Å². The van der Waals surface area contributed by atoms with E-state index in [4.69, 9.17) is 21.7 Å². The molecule has 3 heterocycles. The van der Waals surface area contributed by atoms with Crippen LogP contribution in [0, 0.1) is 0 Å². The molecule has 4 rings (SSSR count). The second kappa shape index (κ2) is 8.63. The maximum atomic E-state index is 5.69. The molecule has 0 saturated carbocycles. The molecule has 6 nitrogen and oxygen atoms in total. The molecule has 29 heavy (non-hydrogen) atoms. The summed E-state index contributed by atoms with van der Waals surface area (Å²) >= 11 is 5.69. The number of para-hydroxylation sites is 2. The molecule has 150 valence electrons. The summed E-state index contributed by atoms with van der Waals surface area (Å²) in [5.74, 6) is 0.816. The van der Waals surface area contributed by atoms with Crippen LogP contribution in [0.3, 0.4) is 0 Å². The van der Waals surface area contributed by atoms with Gasteiger partial charge in [0.25, 0.3) is 0 Å². The van der Waals surface area contributed by atoms with Gasteiger partial charge in [-0.2, -0.15) is 0 Å². The number of pyridine rings is 1. The summed E-state index contributed by atoms with van der Waals surface area (Å²) in [6, 6.07) is 18.0. The van der Waals surface area contributed by atoms with Crippen LogP contribution in [0.4, 0.5) is 0 Å². The lowest BCUT2D eigenvalue weighted by molar-refractivity contribution is 0.163. The monoisotopic (exact) mass is 408 g/mol. The maximum absolute atomic E-state index is 5.69. The molecule has 1 aliphatic rings. The summed E-state index contributed by atoms with van der Waals surface area (Å²) in [6.45, 7) is 1.27. The van der Waals surface area contributed by atoms with E-state index >= 15 is 0 Å². The topological polar surface area (TPSA) is 51.5 Å². The van der Waals surface area contributed by atoms with Gasteiger partial charge in [0.15, 0.2) is 5.11 Å². The highest BCUT2D eigenvalue weighted by molar-refractivity contribution is 7.80. The Kier molecular flexibility index (Phi) is 5.78. The zero-order chi connectivity index (χ0) is 20.2. The van der Waals surface area contributed by atoms with Gasteiger partial charge in [0, 0.05) is 31.7 Å². The van der Waals surface area contributed by atoms with Gasteiger partial charge < -0.3 is 24.3 Å². The fraction of sp³-hybridized carbons (Fsp3) is 0.273. The lowest BCUT2D eigenvalue weighted by Gasteiger charge is -2.29. The van der Waals surface area contributed by atoms with Crippen LogP contribution in [0.2, 0.25) is 0 Å². The number of nitrogens with one attached hydrogen (secondary N) is 1. The average Bonchev–Trinajstić information content (AvgIpc) is 3.37. The zero-order valence-corrected chi connectivity index (χ0v) is 17.3. The van der Waals surface area contributed by atoms with Crippen molar-refractivity contribution in [1.82, 2.24) is 19.8 Å². The Bertz CT molecular complexity index is 976. The number of aromatic nitrogens is 2. The first-order valence-electron chi connectivity index (χ1n) is 9.52. The number of rotatable bonds is 7. The van der Waals surface area contributed by atoms with E-state index in [9.17, 15) is 0 Å². The predicted molar refractivity (Wildman–Crippen MR) is 116 cm³/mol. The standard InChI is InChI=1S/C22H24N4O2S/c1-27-15-14-26-21(20(24-22(26)29)16-8-5-6-12-23-16)18-10-7-13-25(18)17-9-3-4-11-19(17)28-2/h3-13,20-21H,14-15H2,1-2H3,(H,24,29). The van der Waals surface area contributed by atoms with E-state index < -0.39 is 0 Å². The van der Waals surface area contributed by atoms with Crippen LogP contribution in [0.1, 0.15) is 23.5 Å². The van der Waals surface area contributed by atoms with Gasteiger partial charge in [-0.25, -0.2) is 0 Å².